The molecule has 3 N–H and O–H groups in total. The number of likely N-dealkylation sites (tertiary alicyclic amines) is 2. The molecule has 2 aromatic heterocycles. The third-order valence-electron chi connectivity index (χ3n) is 18.9. The van der Waals surface area contributed by atoms with Crippen LogP contribution in [0.1, 0.15) is 102 Å². The first-order valence-electron chi connectivity index (χ1n) is 29.4. The third-order valence-corrected chi connectivity index (χ3v) is 18.9. The number of benzene rings is 2. The van der Waals surface area contributed by atoms with Crippen LogP contribution in [0.25, 0.3) is 33.3 Å². The van der Waals surface area contributed by atoms with Crippen molar-refractivity contribution in [2.75, 3.05) is 97.3 Å². The Kier molecular flexibility index (Phi) is 14.9. The predicted molar refractivity (Wildman–Crippen MR) is 299 cm³/mol. The Morgan fingerprint density at radius 2 is 1.77 bits per heavy atom. The number of ether oxygens (including phenoxy) is 3. The van der Waals surface area contributed by atoms with E-state index in [1.807, 2.05) is 11.1 Å². The van der Waals surface area contributed by atoms with Crippen molar-refractivity contribution in [3.8, 4) is 22.4 Å². The maximum atomic E-state index is 15.2. The van der Waals surface area contributed by atoms with Gasteiger partial charge >= 0.3 is 5.97 Å². The first kappa shape index (κ1) is 53.2. The summed E-state index contributed by atoms with van der Waals surface area (Å²) in [4.78, 5) is 72.4. The number of fused-ring (bicyclic) bond motifs is 7. The molecule has 1 saturated carbocycles. The molecule has 78 heavy (non-hydrogen) atoms. The summed E-state index contributed by atoms with van der Waals surface area (Å²) < 4.78 is 20.8. The molecule has 1 spiro atoms. The van der Waals surface area contributed by atoms with Crippen molar-refractivity contribution >= 4 is 40.3 Å². The van der Waals surface area contributed by atoms with Crippen molar-refractivity contribution in [3.05, 3.63) is 71.5 Å². The van der Waals surface area contributed by atoms with Crippen molar-refractivity contribution < 1.29 is 33.4 Å². The highest BCUT2D eigenvalue weighted by Gasteiger charge is 2.50. The smallest absolute Gasteiger partial charge is 0.324 e. The Bertz CT molecular complexity index is 2920. The topological polar surface area (TPSA) is 176 Å². The predicted octanol–water partition coefficient (Wildman–Crippen LogP) is 5.72. The molecule has 9 heterocycles. The van der Waals surface area contributed by atoms with Crippen LogP contribution in [-0.2, 0) is 52.8 Å². The van der Waals surface area contributed by atoms with Crippen molar-refractivity contribution in [3.63, 3.8) is 0 Å². The van der Waals surface area contributed by atoms with Gasteiger partial charge in [-0.1, -0.05) is 57.0 Å². The summed E-state index contributed by atoms with van der Waals surface area (Å²) in [5, 5.41) is 9.25. The second-order valence-corrected chi connectivity index (χ2v) is 24.9. The Hall–Kier alpha value is -5.43. The minimum absolute atomic E-state index is 0.0340. The highest BCUT2D eigenvalue weighted by Crippen LogP contribution is 2.45. The van der Waals surface area contributed by atoms with Gasteiger partial charge in [0, 0.05) is 106 Å². The molecule has 418 valence electrons. The molecule has 17 heteroatoms. The molecule has 12 rings (SSSR count). The third kappa shape index (κ3) is 10.6. The number of hydrazine groups is 1. The number of morpholine rings is 1. The molecule has 1 unspecified atom stereocenters. The van der Waals surface area contributed by atoms with E-state index in [1.54, 1.807) is 12.1 Å². The van der Waals surface area contributed by atoms with E-state index in [0.717, 1.165) is 166 Å². The molecular formula is C61H82N10O7. The average Bonchev–Trinajstić information content (AvgIpc) is 3.70. The number of anilines is 1. The fourth-order valence-electron chi connectivity index (χ4n) is 14.5. The van der Waals surface area contributed by atoms with Crippen molar-refractivity contribution in [2.45, 2.75) is 135 Å². The number of nitrogens with zero attached hydrogens (tertiary/aromatic N) is 7. The van der Waals surface area contributed by atoms with Gasteiger partial charge in [-0.3, -0.25) is 39.0 Å². The molecular weight excluding hydrogens is 985 g/mol. The zero-order chi connectivity index (χ0) is 53.9. The maximum absolute atomic E-state index is 15.2. The number of piperazine rings is 1. The molecule has 2 aromatic carbocycles. The van der Waals surface area contributed by atoms with Gasteiger partial charge in [0.2, 0.25) is 11.8 Å². The lowest BCUT2D eigenvalue weighted by Crippen LogP contribution is -2.62. The zero-order valence-electron chi connectivity index (χ0n) is 46.7. The molecule has 0 radical (unpaired) electrons. The Morgan fingerprint density at radius 3 is 2.58 bits per heavy atom. The van der Waals surface area contributed by atoms with Crippen LogP contribution in [0.3, 0.4) is 0 Å². The number of nitrogens with one attached hydrogen (secondary N) is 3. The van der Waals surface area contributed by atoms with Crippen molar-refractivity contribution in [1.82, 2.24) is 45.3 Å². The fourth-order valence-corrected chi connectivity index (χ4v) is 14.5. The van der Waals surface area contributed by atoms with Gasteiger partial charge in [-0.05, 0) is 112 Å². The minimum Gasteiger partial charge on any atom is -0.464 e. The van der Waals surface area contributed by atoms with Gasteiger partial charge in [-0.2, -0.15) is 0 Å². The number of cyclic esters (lactones) is 1. The SMILES string of the molecule is CCn1c(-c2cc(N3CCN4CCOC[C@@H]4C3)cnc2[C@H](C)OC)c2c3cc(ccc31)-c1cccc(c1)C[C@H](NC(=O)C(C1CCCC1)N1CC[C@]3(CCN(C(=O)[C@H]4CN4)C3)C1)C(=O)N1CCC[C@H](N1)C(=O)OCC(C)(C)C2. The Morgan fingerprint density at radius 1 is 0.949 bits per heavy atom. The van der Waals surface area contributed by atoms with Gasteiger partial charge < -0.3 is 39.2 Å². The number of carbonyl (C=O) groups excluding carboxylic acids is 4. The number of carbonyl (C=O) groups is 4. The second-order valence-electron chi connectivity index (χ2n) is 24.9. The Labute approximate surface area is 460 Å². The second kappa shape index (κ2) is 21.9. The summed E-state index contributed by atoms with van der Waals surface area (Å²) in [5.74, 6) is -0.394. The molecule has 7 fully saturated rings. The molecule has 3 amide bonds. The molecule has 6 bridgehead atoms. The van der Waals surface area contributed by atoms with Crippen LogP contribution < -0.4 is 21.0 Å². The van der Waals surface area contributed by atoms with Crippen LogP contribution in [0.15, 0.2) is 54.7 Å². The monoisotopic (exact) mass is 1070 g/mol. The zero-order valence-corrected chi connectivity index (χ0v) is 46.7. The molecule has 1 aliphatic carbocycles. The van der Waals surface area contributed by atoms with Gasteiger partial charge in [-0.25, -0.2) is 5.43 Å². The lowest BCUT2D eigenvalue weighted by atomic mass is 9.84. The Balaban J connectivity index is 0.905. The van der Waals surface area contributed by atoms with E-state index in [4.69, 9.17) is 19.2 Å². The first-order chi connectivity index (χ1) is 37.8. The maximum Gasteiger partial charge on any atom is 0.324 e. The summed E-state index contributed by atoms with van der Waals surface area (Å²) in [6, 6.07) is 15.8. The van der Waals surface area contributed by atoms with Crippen LogP contribution in [0, 0.1) is 16.7 Å². The number of hydrogen-bond donors (Lipinski definition) is 3. The number of esters is 1. The van der Waals surface area contributed by atoms with E-state index in [0.29, 0.717) is 38.4 Å². The number of hydrogen-bond acceptors (Lipinski definition) is 13. The summed E-state index contributed by atoms with van der Waals surface area (Å²) in [5.41, 5.74) is 12.1. The summed E-state index contributed by atoms with van der Waals surface area (Å²) >= 11 is 0. The number of rotatable bonds is 10. The van der Waals surface area contributed by atoms with E-state index >= 15 is 9.59 Å². The van der Waals surface area contributed by atoms with Crippen LogP contribution in [0.5, 0.6) is 0 Å². The van der Waals surface area contributed by atoms with Crippen LogP contribution >= 0.6 is 0 Å². The summed E-state index contributed by atoms with van der Waals surface area (Å²) in [7, 11) is 1.74. The van der Waals surface area contributed by atoms with Gasteiger partial charge in [0.05, 0.1) is 67.3 Å². The van der Waals surface area contributed by atoms with Crippen molar-refractivity contribution in [1.29, 1.82) is 0 Å². The highest BCUT2D eigenvalue weighted by molar-refractivity contribution is 5.96. The fraction of sp³-hybridized carbons (Fsp3) is 0.623. The van der Waals surface area contributed by atoms with E-state index in [2.05, 4.69) is 112 Å². The standard InChI is InChI=1S/C61H82N10O7/c1-6-70-52-17-16-43-29-46(52)48(55(70)47-30-44(32-63-53(47)39(2)76-5)67-24-23-66-25-26-77-35-45(66)34-67)31-60(3,4)38-78-59(75)49-15-10-20-71(65-49)58(74)50(28-40-11-9-14-42(43)27-40)64-56(72)54(41-12-7-8-13-41)68-21-18-61(36-68)19-22-69(37-61)57(73)51-33-62-51/h9,11,14,16-17,27,29-30,32,39,41,45,49-51,54,62,65H,6-8,10,12-13,15,18-26,28,31,33-38H2,1-5H3,(H,64,72)/t39-,45-,49-,50-,51+,54?,61-/m0/s1. The van der Waals surface area contributed by atoms with Crippen LogP contribution in [0.2, 0.25) is 0 Å². The van der Waals surface area contributed by atoms with Crippen molar-refractivity contribution in [2.24, 2.45) is 16.7 Å². The normalized spacial score (nSPS) is 27.9. The van der Waals surface area contributed by atoms with Gasteiger partial charge in [0.15, 0.2) is 0 Å². The lowest BCUT2D eigenvalue weighted by Gasteiger charge is -2.44. The highest BCUT2D eigenvalue weighted by atomic mass is 16.5. The largest absolute Gasteiger partial charge is 0.464 e. The molecule has 8 aliphatic rings. The number of pyridine rings is 1. The number of methoxy groups -OCH3 is 1. The van der Waals surface area contributed by atoms with E-state index in [1.165, 1.54) is 0 Å². The van der Waals surface area contributed by atoms with Crippen LogP contribution in [-0.4, -0.2) is 176 Å². The van der Waals surface area contributed by atoms with Gasteiger partial charge in [0.25, 0.3) is 5.91 Å². The average molecular weight is 1070 g/mol. The number of amides is 3. The number of aromatic nitrogens is 2. The van der Waals surface area contributed by atoms with Gasteiger partial charge in [0.1, 0.15) is 12.1 Å². The molecule has 4 aromatic rings. The quantitative estimate of drug-likeness (QED) is 0.130. The first-order valence-corrected chi connectivity index (χ1v) is 29.4. The summed E-state index contributed by atoms with van der Waals surface area (Å²) in [6.45, 7) is 18.9. The summed E-state index contributed by atoms with van der Waals surface area (Å²) in [6.07, 6.45) is 9.70. The molecule has 7 atom stereocenters. The molecule has 17 nitrogen and oxygen atoms in total. The number of aryl methyl sites for hydroxylation is 1. The lowest BCUT2D eigenvalue weighted by molar-refractivity contribution is -0.155. The van der Waals surface area contributed by atoms with Gasteiger partial charge in [-0.15, -0.1) is 0 Å². The van der Waals surface area contributed by atoms with E-state index < -0.39 is 23.5 Å². The minimum atomic E-state index is -0.901. The molecule has 7 aliphatic heterocycles. The van der Waals surface area contributed by atoms with E-state index in [9.17, 15) is 9.59 Å². The van der Waals surface area contributed by atoms with E-state index in [-0.39, 0.29) is 60.3 Å². The van der Waals surface area contributed by atoms with Crippen LogP contribution in [0.4, 0.5) is 5.69 Å². The molecule has 6 saturated heterocycles.